The number of piperidine rings is 1. The molecule has 0 saturated carbocycles. The molecule has 146 valence electrons. The molecule has 1 fully saturated rings. The number of thiophene rings is 1. The molecular formula is C21H25N5OS. The van der Waals surface area contributed by atoms with Crippen LogP contribution in [0, 0.1) is 0 Å². The SMILES string of the molecule is O=C(c1sccc1-n1cccc1)N1CCCC(c2nnc3n2CCCCC3)C1. The van der Waals surface area contributed by atoms with Crippen LogP contribution in [-0.2, 0) is 13.0 Å². The van der Waals surface area contributed by atoms with E-state index < -0.39 is 0 Å². The number of hydrogen-bond donors (Lipinski definition) is 0. The molecule has 1 saturated heterocycles. The first-order valence-corrected chi connectivity index (χ1v) is 11.1. The Morgan fingerprint density at radius 1 is 1.07 bits per heavy atom. The molecule has 3 aromatic heterocycles. The fourth-order valence-corrected chi connectivity index (χ4v) is 5.34. The highest BCUT2D eigenvalue weighted by Crippen LogP contribution is 2.30. The maximum atomic E-state index is 13.3. The Labute approximate surface area is 168 Å². The van der Waals surface area contributed by atoms with Gasteiger partial charge in [-0.3, -0.25) is 4.79 Å². The minimum Gasteiger partial charge on any atom is -0.337 e. The summed E-state index contributed by atoms with van der Waals surface area (Å²) in [5.74, 6) is 2.64. The smallest absolute Gasteiger partial charge is 0.266 e. The van der Waals surface area contributed by atoms with Gasteiger partial charge in [0.25, 0.3) is 5.91 Å². The number of aryl methyl sites for hydroxylation is 1. The summed E-state index contributed by atoms with van der Waals surface area (Å²) in [5.41, 5.74) is 0.971. The van der Waals surface area contributed by atoms with Crippen molar-refractivity contribution >= 4 is 17.2 Å². The summed E-state index contributed by atoms with van der Waals surface area (Å²) in [7, 11) is 0. The minimum absolute atomic E-state index is 0.138. The number of amides is 1. The Bertz CT molecular complexity index is 958. The van der Waals surface area contributed by atoms with Crippen molar-refractivity contribution < 1.29 is 4.79 Å². The number of fused-ring (bicyclic) bond motifs is 1. The zero-order valence-corrected chi connectivity index (χ0v) is 16.8. The van der Waals surface area contributed by atoms with Gasteiger partial charge < -0.3 is 14.0 Å². The molecule has 2 aliphatic heterocycles. The van der Waals surface area contributed by atoms with E-state index >= 15 is 0 Å². The second kappa shape index (κ2) is 7.54. The van der Waals surface area contributed by atoms with Crippen LogP contribution in [0.25, 0.3) is 5.69 Å². The van der Waals surface area contributed by atoms with Crippen molar-refractivity contribution in [3.63, 3.8) is 0 Å². The maximum Gasteiger partial charge on any atom is 0.266 e. The second-order valence-electron chi connectivity index (χ2n) is 7.75. The third-order valence-corrected chi connectivity index (χ3v) is 6.82. The predicted octanol–water partition coefficient (Wildman–Crippen LogP) is 3.88. The van der Waals surface area contributed by atoms with Crippen molar-refractivity contribution in [2.24, 2.45) is 0 Å². The Morgan fingerprint density at radius 3 is 2.86 bits per heavy atom. The van der Waals surface area contributed by atoms with Gasteiger partial charge in [-0.25, -0.2) is 0 Å². The summed E-state index contributed by atoms with van der Waals surface area (Å²) in [5, 5.41) is 11.0. The molecule has 0 aromatic carbocycles. The molecule has 3 aromatic rings. The molecule has 5 heterocycles. The van der Waals surface area contributed by atoms with Crippen LogP contribution >= 0.6 is 11.3 Å². The quantitative estimate of drug-likeness (QED) is 0.676. The number of carbonyl (C=O) groups is 1. The molecule has 0 N–H and O–H groups in total. The largest absolute Gasteiger partial charge is 0.337 e. The zero-order valence-electron chi connectivity index (χ0n) is 16.0. The molecule has 5 rings (SSSR count). The summed E-state index contributed by atoms with van der Waals surface area (Å²) in [6.45, 7) is 2.57. The van der Waals surface area contributed by atoms with E-state index in [2.05, 4.69) is 14.8 Å². The van der Waals surface area contributed by atoms with E-state index in [1.807, 2.05) is 45.4 Å². The monoisotopic (exact) mass is 395 g/mol. The van der Waals surface area contributed by atoms with Gasteiger partial charge in [0.1, 0.15) is 16.5 Å². The molecular weight excluding hydrogens is 370 g/mol. The van der Waals surface area contributed by atoms with Gasteiger partial charge in [-0.1, -0.05) is 6.42 Å². The van der Waals surface area contributed by atoms with E-state index in [1.165, 1.54) is 30.6 Å². The molecule has 0 bridgehead atoms. The van der Waals surface area contributed by atoms with Crippen molar-refractivity contribution in [3.8, 4) is 5.69 Å². The summed E-state index contributed by atoms with van der Waals surface area (Å²) >= 11 is 1.53. The van der Waals surface area contributed by atoms with Crippen molar-refractivity contribution in [2.75, 3.05) is 13.1 Å². The van der Waals surface area contributed by atoms with Crippen molar-refractivity contribution in [1.82, 2.24) is 24.2 Å². The van der Waals surface area contributed by atoms with Crippen LogP contribution < -0.4 is 0 Å². The van der Waals surface area contributed by atoms with E-state index in [0.29, 0.717) is 0 Å². The molecule has 1 amide bonds. The topological polar surface area (TPSA) is 56.0 Å². The van der Waals surface area contributed by atoms with Gasteiger partial charge in [0.15, 0.2) is 0 Å². The first-order valence-electron chi connectivity index (χ1n) is 10.2. The van der Waals surface area contributed by atoms with Gasteiger partial charge in [-0.2, -0.15) is 0 Å². The number of carbonyl (C=O) groups excluding carboxylic acids is 1. The molecule has 0 spiro atoms. The van der Waals surface area contributed by atoms with E-state index in [9.17, 15) is 4.79 Å². The van der Waals surface area contributed by atoms with Crippen LogP contribution in [0.4, 0.5) is 0 Å². The standard InChI is InChI=1S/C21H25N5OS/c27-21(19-17(9-14-28-19)24-10-4-5-11-24)25-12-6-7-16(15-25)20-23-22-18-8-2-1-3-13-26(18)20/h4-5,9-11,14,16H,1-3,6-8,12-13,15H2. The van der Waals surface area contributed by atoms with Gasteiger partial charge in [0.2, 0.25) is 0 Å². The molecule has 1 atom stereocenters. The Balaban J connectivity index is 1.38. The van der Waals surface area contributed by atoms with E-state index in [0.717, 1.165) is 61.1 Å². The van der Waals surface area contributed by atoms with Crippen LogP contribution in [0.15, 0.2) is 36.0 Å². The van der Waals surface area contributed by atoms with Crippen LogP contribution in [0.2, 0.25) is 0 Å². The lowest BCUT2D eigenvalue weighted by Gasteiger charge is -2.32. The van der Waals surface area contributed by atoms with Crippen LogP contribution in [0.1, 0.15) is 59.3 Å². The molecule has 28 heavy (non-hydrogen) atoms. The fraction of sp³-hybridized carbons (Fsp3) is 0.476. The third-order valence-electron chi connectivity index (χ3n) is 5.93. The van der Waals surface area contributed by atoms with E-state index in [1.54, 1.807) is 0 Å². The van der Waals surface area contributed by atoms with Crippen LogP contribution in [0.3, 0.4) is 0 Å². The molecule has 6 nitrogen and oxygen atoms in total. The van der Waals surface area contributed by atoms with E-state index in [-0.39, 0.29) is 11.8 Å². The maximum absolute atomic E-state index is 13.3. The first-order chi connectivity index (χ1) is 13.8. The summed E-state index contributed by atoms with van der Waals surface area (Å²) in [4.78, 5) is 16.2. The molecule has 0 aliphatic carbocycles. The van der Waals surface area contributed by atoms with Gasteiger partial charge in [-0.15, -0.1) is 21.5 Å². The number of likely N-dealkylation sites (tertiary alicyclic amines) is 1. The number of rotatable bonds is 3. The average Bonchev–Trinajstić information content (AvgIpc) is 3.46. The van der Waals surface area contributed by atoms with Crippen molar-refractivity contribution in [2.45, 2.75) is 51.0 Å². The average molecular weight is 396 g/mol. The third kappa shape index (κ3) is 3.17. The summed E-state index contributed by atoms with van der Waals surface area (Å²) in [6.07, 6.45) is 10.8. The highest BCUT2D eigenvalue weighted by Gasteiger charge is 2.31. The van der Waals surface area contributed by atoms with Crippen molar-refractivity contribution in [1.29, 1.82) is 0 Å². The zero-order chi connectivity index (χ0) is 18.9. The lowest BCUT2D eigenvalue weighted by atomic mass is 9.96. The highest BCUT2D eigenvalue weighted by molar-refractivity contribution is 7.12. The Kier molecular flexibility index (Phi) is 4.76. The predicted molar refractivity (Wildman–Crippen MR) is 109 cm³/mol. The van der Waals surface area contributed by atoms with Crippen molar-refractivity contribution in [3.05, 3.63) is 52.5 Å². The fourth-order valence-electron chi connectivity index (χ4n) is 4.49. The van der Waals surface area contributed by atoms with Gasteiger partial charge in [-0.05, 0) is 49.3 Å². The number of hydrogen-bond acceptors (Lipinski definition) is 4. The van der Waals surface area contributed by atoms with Crippen LogP contribution in [0.5, 0.6) is 0 Å². The lowest BCUT2D eigenvalue weighted by molar-refractivity contribution is 0.0708. The second-order valence-corrected chi connectivity index (χ2v) is 8.67. The lowest BCUT2D eigenvalue weighted by Crippen LogP contribution is -2.39. The molecule has 0 radical (unpaired) electrons. The summed E-state index contributed by atoms with van der Waals surface area (Å²) < 4.78 is 4.35. The minimum atomic E-state index is 0.138. The van der Waals surface area contributed by atoms with Crippen LogP contribution in [-0.4, -0.2) is 43.2 Å². The van der Waals surface area contributed by atoms with E-state index in [4.69, 9.17) is 0 Å². The normalized spacial score (nSPS) is 20.0. The number of aromatic nitrogens is 4. The number of nitrogens with zero attached hydrogens (tertiary/aromatic N) is 5. The van der Waals surface area contributed by atoms with Gasteiger partial charge >= 0.3 is 0 Å². The molecule has 2 aliphatic rings. The summed E-state index contributed by atoms with van der Waals surface area (Å²) in [6, 6.07) is 6.00. The highest BCUT2D eigenvalue weighted by atomic mass is 32.1. The van der Waals surface area contributed by atoms with Gasteiger partial charge in [0.05, 0.1) is 5.69 Å². The van der Waals surface area contributed by atoms with Gasteiger partial charge in [0, 0.05) is 44.4 Å². The molecule has 7 heteroatoms. The Morgan fingerprint density at radius 2 is 1.96 bits per heavy atom. The Hall–Kier alpha value is -2.41. The molecule has 1 unspecified atom stereocenters. The first kappa shape index (κ1) is 17.7.